The summed E-state index contributed by atoms with van der Waals surface area (Å²) in [6.07, 6.45) is 1.32. The van der Waals surface area contributed by atoms with E-state index in [1.165, 1.54) is 24.3 Å². The molecule has 0 aromatic carbocycles. The lowest BCUT2D eigenvalue weighted by Gasteiger charge is -2.25. The minimum Gasteiger partial charge on any atom is -0.468 e. The maximum atomic E-state index is 12.3. The van der Waals surface area contributed by atoms with Crippen LogP contribution in [-0.2, 0) is 9.53 Å². The second-order valence-corrected chi connectivity index (χ2v) is 4.86. The largest absolute Gasteiger partial charge is 0.468 e. The molecule has 1 aromatic rings. The smallest absolute Gasteiger partial charge is 0.325 e. The number of hydrogen-bond donors (Lipinski definition) is 0. The van der Waals surface area contributed by atoms with Crippen LogP contribution in [0.2, 0.25) is 10.2 Å². The molecule has 5 nitrogen and oxygen atoms in total. The lowest BCUT2D eigenvalue weighted by atomic mass is 10.2. The lowest BCUT2D eigenvalue weighted by Crippen LogP contribution is -2.41. The van der Waals surface area contributed by atoms with Crippen LogP contribution in [0.3, 0.4) is 0 Å². The number of aromatic nitrogens is 1. The summed E-state index contributed by atoms with van der Waals surface area (Å²) < 4.78 is 4.56. The minimum absolute atomic E-state index is 0.127. The van der Waals surface area contributed by atoms with Crippen LogP contribution in [0, 0.1) is 0 Å². The fraction of sp³-hybridized carbons (Fsp3) is 0.417. The number of amides is 1. The molecule has 0 N–H and O–H groups in total. The summed E-state index contributed by atoms with van der Waals surface area (Å²) in [6, 6.07) is 1.26. The normalized spacial score (nSPS) is 10.4. The fourth-order valence-electron chi connectivity index (χ4n) is 1.40. The van der Waals surface area contributed by atoms with Gasteiger partial charge in [0.25, 0.3) is 5.91 Å². The average molecular weight is 305 g/mol. The van der Waals surface area contributed by atoms with Gasteiger partial charge in [0.05, 0.1) is 17.7 Å². The summed E-state index contributed by atoms with van der Waals surface area (Å²) in [4.78, 5) is 28.8. The van der Waals surface area contributed by atoms with Crippen LogP contribution >= 0.6 is 23.2 Å². The number of halogens is 2. The number of rotatable bonds is 4. The van der Waals surface area contributed by atoms with Crippen LogP contribution in [0.1, 0.15) is 24.2 Å². The van der Waals surface area contributed by atoms with Crippen molar-refractivity contribution in [3.8, 4) is 0 Å². The second-order valence-electron chi connectivity index (χ2n) is 4.10. The van der Waals surface area contributed by atoms with Crippen LogP contribution in [0.5, 0.6) is 0 Å². The Balaban J connectivity index is 2.99. The van der Waals surface area contributed by atoms with Crippen LogP contribution in [0.25, 0.3) is 0 Å². The molecule has 0 radical (unpaired) electrons. The predicted molar refractivity (Wildman–Crippen MR) is 72.4 cm³/mol. The molecule has 1 aromatic heterocycles. The van der Waals surface area contributed by atoms with E-state index in [-0.39, 0.29) is 34.2 Å². The highest BCUT2D eigenvalue weighted by molar-refractivity contribution is 6.41. The van der Waals surface area contributed by atoms with E-state index in [9.17, 15) is 9.59 Å². The van der Waals surface area contributed by atoms with Gasteiger partial charge < -0.3 is 9.64 Å². The predicted octanol–water partition coefficient (Wildman–Crippen LogP) is 2.41. The van der Waals surface area contributed by atoms with E-state index in [2.05, 4.69) is 9.72 Å². The number of nitrogens with zero attached hydrogens (tertiary/aromatic N) is 2. The molecule has 0 atom stereocenters. The van der Waals surface area contributed by atoms with E-state index in [4.69, 9.17) is 23.2 Å². The lowest BCUT2D eigenvalue weighted by molar-refractivity contribution is -0.141. The Kier molecular flexibility index (Phi) is 5.57. The van der Waals surface area contributed by atoms with Crippen molar-refractivity contribution < 1.29 is 14.3 Å². The molecule has 1 amide bonds. The summed E-state index contributed by atoms with van der Waals surface area (Å²) in [5, 5.41) is 0.316. The number of carbonyl (C=O) groups excluding carboxylic acids is 2. The van der Waals surface area contributed by atoms with Gasteiger partial charge in [-0.25, -0.2) is 4.98 Å². The van der Waals surface area contributed by atoms with E-state index in [0.717, 1.165) is 0 Å². The number of pyridine rings is 1. The molecular weight excluding hydrogens is 291 g/mol. The van der Waals surface area contributed by atoms with Gasteiger partial charge in [0.2, 0.25) is 0 Å². The Hall–Kier alpha value is -1.33. The minimum atomic E-state index is -0.491. The zero-order chi connectivity index (χ0) is 14.6. The van der Waals surface area contributed by atoms with Crippen molar-refractivity contribution in [1.82, 2.24) is 9.88 Å². The van der Waals surface area contributed by atoms with Crippen molar-refractivity contribution in [3.63, 3.8) is 0 Å². The first kappa shape index (κ1) is 15.7. The Morgan fingerprint density at radius 2 is 2.05 bits per heavy atom. The topological polar surface area (TPSA) is 59.5 Å². The third-order valence-corrected chi connectivity index (χ3v) is 3.14. The number of ether oxygens (including phenoxy) is 1. The molecule has 0 aliphatic carbocycles. The Labute approximate surface area is 121 Å². The van der Waals surface area contributed by atoms with Crippen molar-refractivity contribution in [2.75, 3.05) is 13.7 Å². The number of hydrogen-bond acceptors (Lipinski definition) is 4. The highest BCUT2D eigenvalue weighted by Crippen LogP contribution is 2.21. The van der Waals surface area contributed by atoms with Crippen LogP contribution < -0.4 is 0 Å². The standard InChI is InChI=1S/C12H14Cl2N2O3/c1-7(2)16(6-10(17)19-3)12(18)8-4-9(13)11(14)15-5-8/h4-5,7H,6H2,1-3H3. The number of methoxy groups -OCH3 is 1. The molecule has 0 bridgehead atoms. The van der Waals surface area contributed by atoms with Gasteiger partial charge in [-0.3, -0.25) is 9.59 Å². The van der Waals surface area contributed by atoms with Gasteiger partial charge in [0, 0.05) is 12.2 Å². The zero-order valence-corrected chi connectivity index (χ0v) is 12.3. The van der Waals surface area contributed by atoms with Crippen LogP contribution in [0.4, 0.5) is 0 Å². The van der Waals surface area contributed by atoms with E-state index in [0.29, 0.717) is 0 Å². The first-order valence-corrected chi connectivity index (χ1v) is 6.31. The van der Waals surface area contributed by atoms with Crippen LogP contribution in [0.15, 0.2) is 12.3 Å². The Bertz CT molecular complexity index is 492. The first-order chi connectivity index (χ1) is 8.86. The second kappa shape index (κ2) is 6.73. The molecular formula is C12H14Cl2N2O3. The summed E-state index contributed by atoms with van der Waals surface area (Å²) in [5.41, 5.74) is 0.270. The van der Waals surface area contributed by atoms with Crippen molar-refractivity contribution in [2.24, 2.45) is 0 Å². The molecule has 0 aliphatic rings. The fourth-order valence-corrected chi connectivity index (χ4v) is 1.67. The van der Waals surface area contributed by atoms with Gasteiger partial charge in [0.15, 0.2) is 0 Å². The van der Waals surface area contributed by atoms with Gasteiger partial charge in [-0.2, -0.15) is 0 Å². The summed E-state index contributed by atoms with van der Waals surface area (Å²) in [7, 11) is 1.27. The van der Waals surface area contributed by atoms with Gasteiger partial charge in [-0.05, 0) is 19.9 Å². The van der Waals surface area contributed by atoms with E-state index in [1.807, 2.05) is 0 Å². The number of carbonyl (C=O) groups is 2. The first-order valence-electron chi connectivity index (χ1n) is 5.55. The molecule has 19 heavy (non-hydrogen) atoms. The SMILES string of the molecule is COC(=O)CN(C(=O)c1cnc(Cl)c(Cl)c1)C(C)C. The molecule has 0 spiro atoms. The van der Waals surface area contributed by atoms with Gasteiger partial charge >= 0.3 is 5.97 Å². The van der Waals surface area contributed by atoms with E-state index < -0.39 is 5.97 Å². The summed E-state index contributed by atoms with van der Waals surface area (Å²) in [5.74, 6) is -0.846. The van der Waals surface area contributed by atoms with Crippen molar-refractivity contribution in [1.29, 1.82) is 0 Å². The molecule has 0 saturated heterocycles. The maximum absolute atomic E-state index is 12.3. The summed E-state index contributed by atoms with van der Waals surface area (Å²) in [6.45, 7) is 3.46. The molecule has 0 fully saturated rings. The Morgan fingerprint density at radius 1 is 1.42 bits per heavy atom. The molecule has 0 unspecified atom stereocenters. The highest BCUT2D eigenvalue weighted by Gasteiger charge is 2.22. The average Bonchev–Trinajstić information content (AvgIpc) is 2.37. The molecule has 0 saturated carbocycles. The van der Waals surface area contributed by atoms with Gasteiger partial charge in [0.1, 0.15) is 11.7 Å². The highest BCUT2D eigenvalue weighted by atomic mass is 35.5. The third kappa shape index (κ3) is 4.08. The molecule has 1 rings (SSSR count). The van der Waals surface area contributed by atoms with Crippen LogP contribution in [-0.4, -0.2) is 41.5 Å². The third-order valence-electron chi connectivity index (χ3n) is 2.45. The van der Waals surface area contributed by atoms with Gasteiger partial charge in [-0.1, -0.05) is 23.2 Å². The number of esters is 1. The monoisotopic (exact) mass is 304 g/mol. The molecule has 7 heteroatoms. The van der Waals surface area contributed by atoms with Crippen molar-refractivity contribution in [3.05, 3.63) is 28.0 Å². The molecule has 104 valence electrons. The van der Waals surface area contributed by atoms with E-state index in [1.54, 1.807) is 13.8 Å². The zero-order valence-electron chi connectivity index (χ0n) is 10.8. The maximum Gasteiger partial charge on any atom is 0.325 e. The van der Waals surface area contributed by atoms with Crippen molar-refractivity contribution >= 4 is 35.1 Å². The van der Waals surface area contributed by atoms with Crippen molar-refractivity contribution in [2.45, 2.75) is 19.9 Å². The van der Waals surface area contributed by atoms with Gasteiger partial charge in [-0.15, -0.1) is 0 Å². The summed E-state index contributed by atoms with van der Waals surface area (Å²) >= 11 is 11.5. The Morgan fingerprint density at radius 3 is 2.53 bits per heavy atom. The molecule has 0 aliphatic heterocycles. The molecule has 1 heterocycles. The quantitative estimate of drug-likeness (QED) is 0.633. The van der Waals surface area contributed by atoms with E-state index >= 15 is 0 Å².